The van der Waals surface area contributed by atoms with Crippen molar-refractivity contribution in [1.29, 1.82) is 0 Å². The summed E-state index contributed by atoms with van der Waals surface area (Å²) in [7, 11) is 6.12. The van der Waals surface area contributed by atoms with Crippen molar-refractivity contribution in [2.45, 2.75) is 6.42 Å². The van der Waals surface area contributed by atoms with E-state index in [-0.39, 0.29) is 31.6 Å². The van der Waals surface area contributed by atoms with Gasteiger partial charge in [0.15, 0.2) is 25.2 Å². The first-order valence-corrected chi connectivity index (χ1v) is 10.0. The lowest BCUT2D eigenvalue weighted by atomic mass is 10.1. The summed E-state index contributed by atoms with van der Waals surface area (Å²) >= 11 is 0. The van der Waals surface area contributed by atoms with Gasteiger partial charge in [0, 0.05) is 25.3 Å². The van der Waals surface area contributed by atoms with E-state index in [4.69, 9.17) is 28.4 Å². The van der Waals surface area contributed by atoms with Crippen LogP contribution in [-0.2, 0) is 19.1 Å². The molecule has 2 aromatic carbocycles. The van der Waals surface area contributed by atoms with Gasteiger partial charge in [-0.1, -0.05) is 0 Å². The standard InChI is InChI=1S/C25H28O8/c1-28-16-32-24-11-9-22(30-3)13-18(24)5-7-20(26)15-21(27)8-6-19-14-23(31-4)10-12-25(19)33-17-29-2/h5-14H,15-17H2,1-4H3. The molecule has 0 saturated heterocycles. The summed E-state index contributed by atoms with van der Waals surface area (Å²) in [6.07, 6.45) is 5.53. The Kier molecular flexibility index (Phi) is 10.7. The highest BCUT2D eigenvalue weighted by molar-refractivity contribution is 6.11. The van der Waals surface area contributed by atoms with Crippen LogP contribution in [0.4, 0.5) is 0 Å². The van der Waals surface area contributed by atoms with Gasteiger partial charge in [-0.3, -0.25) is 9.59 Å². The second-order valence-electron chi connectivity index (χ2n) is 6.69. The Morgan fingerprint density at radius 3 is 1.48 bits per heavy atom. The molecular formula is C25H28O8. The SMILES string of the molecule is COCOc1ccc(OC)cc1C=CC(=O)CC(=O)C=Cc1cc(OC)ccc1OCOC. The number of rotatable bonds is 14. The third-order valence-corrected chi connectivity index (χ3v) is 4.34. The van der Waals surface area contributed by atoms with Crippen molar-refractivity contribution in [3.8, 4) is 23.0 Å². The van der Waals surface area contributed by atoms with Crippen LogP contribution >= 0.6 is 0 Å². The molecule has 0 aliphatic rings. The predicted molar refractivity (Wildman–Crippen MR) is 124 cm³/mol. The number of benzene rings is 2. The van der Waals surface area contributed by atoms with Gasteiger partial charge < -0.3 is 28.4 Å². The average Bonchev–Trinajstić information content (AvgIpc) is 2.83. The molecule has 0 bridgehead atoms. The molecular weight excluding hydrogens is 428 g/mol. The minimum Gasteiger partial charge on any atom is -0.497 e. The topological polar surface area (TPSA) is 89.5 Å². The maximum atomic E-state index is 12.3. The number of allylic oxidation sites excluding steroid dienone is 2. The predicted octanol–water partition coefficient (Wildman–Crippen LogP) is 3.92. The van der Waals surface area contributed by atoms with E-state index in [9.17, 15) is 9.59 Å². The molecule has 0 amide bonds. The van der Waals surface area contributed by atoms with E-state index in [1.54, 1.807) is 62.8 Å². The summed E-state index contributed by atoms with van der Waals surface area (Å²) in [5.74, 6) is 1.55. The van der Waals surface area contributed by atoms with Crippen LogP contribution in [0.15, 0.2) is 48.6 Å². The summed E-state index contributed by atoms with van der Waals surface area (Å²) in [5, 5.41) is 0. The van der Waals surface area contributed by atoms with E-state index in [0.717, 1.165) is 0 Å². The number of ether oxygens (including phenoxy) is 6. The van der Waals surface area contributed by atoms with Crippen LogP contribution in [0.2, 0.25) is 0 Å². The largest absolute Gasteiger partial charge is 0.497 e. The zero-order valence-electron chi connectivity index (χ0n) is 19.2. The summed E-state index contributed by atoms with van der Waals surface area (Å²) in [6, 6.07) is 10.4. The van der Waals surface area contributed by atoms with Gasteiger partial charge in [0.2, 0.25) is 0 Å². The van der Waals surface area contributed by atoms with Crippen LogP contribution < -0.4 is 18.9 Å². The second-order valence-corrected chi connectivity index (χ2v) is 6.69. The molecule has 8 nitrogen and oxygen atoms in total. The summed E-state index contributed by atoms with van der Waals surface area (Å²) in [5.41, 5.74) is 1.25. The van der Waals surface area contributed by atoms with Gasteiger partial charge in [-0.2, -0.15) is 0 Å². The van der Waals surface area contributed by atoms with Crippen LogP contribution in [0.3, 0.4) is 0 Å². The van der Waals surface area contributed by atoms with Gasteiger partial charge in [0.25, 0.3) is 0 Å². The fourth-order valence-corrected chi connectivity index (χ4v) is 2.73. The van der Waals surface area contributed by atoms with E-state index in [2.05, 4.69) is 0 Å². The third-order valence-electron chi connectivity index (χ3n) is 4.34. The normalized spacial score (nSPS) is 11.0. The highest BCUT2D eigenvalue weighted by Crippen LogP contribution is 2.27. The molecule has 0 atom stereocenters. The molecule has 0 radical (unpaired) electrons. The monoisotopic (exact) mass is 456 g/mol. The van der Waals surface area contributed by atoms with E-state index in [1.165, 1.54) is 26.4 Å². The van der Waals surface area contributed by atoms with E-state index in [0.29, 0.717) is 34.1 Å². The quantitative estimate of drug-likeness (QED) is 0.240. The van der Waals surface area contributed by atoms with Gasteiger partial charge >= 0.3 is 0 Å². The Balaban J connectivity index is 2.07. The van der Waals surface area contributed by atoms with Crippen molar-refractivity contribution >= 4 is 23.7 Å². The maximum Gasteiger partial charge on any atom is 0.188 e. The van der Waals surface area contributed by atoms with Gasteiger partial charge in [0.1, 0.15) is 23.0 Å². The molecule has 0 aliphatic heterocycles. The number of methoxy groups -OCH3 is 4. The molecule has 0 aromatic heterocycles. The Bertz CT molecular complexity index is 914. The van der Waals surface area contributed by atoms with E-state index >= 15 is 0 Å². The Morgan fingerprint density at radius 2 is 1.12 bits per heavy atom. The van der Waals surface area contributed by atoms with Gasteiger partial charge in [-0.15, -0.1) is 0 Å². The fraction of sp³-hybridized carbons (Fsp3) is 0.280. The summed E-state index contributed by atoms with van der Waals surface area (Å²) in [4.78, 5) is 24.7. The maximum absolute atomic E-state index is 12.3. The van der Waals surface area contributed by atoms with Crippen LogP contribution in [0.1, 0.15) is 17.5 Å². The number of ketones is 2. The Hall–Kier alpha value is -3.62. The first kappa shape index (κ1) is 25.6. The molecule has 0 heterocycles. The van der Waals surface area contributed by atoms with Crippen LogP contribution in [0, 0.1) is 0 Å². The zero-order valence-corrected chi connectivity index (χ0v) is 19.2. The third kappa shape index (κ3) is 8.44. The number of hydrogen-bond acceptors (Lipinski definition) is 8. The van der Waals surface area contributed by atoms with Crippen LogP contribution in [-0.4, -0.2) is 53.6 Å². The first-order valence-electron chi connectivity index (χ1n) is 10.0. The van der Waals surface area contributed by atoms with Crippen molar-refractivity contribution in [1.82, 2.24) is 0 Å². The zero-order chi connectivity index (χ0) is 24.1. The van der Waals surface area contributed by atoms with Crippen LogP contribution in [0.25, 0.3) is 12.2 Å². The highest BCUT2D eigenvalue weighted by atomic mass is 16.7. The van der Waals surface area contributed by atoms with Gasteiger partial charge in [0.05, 0.1) is 20.6 Å². The molecule has 176 valence electrons. The molecule has 0 N–H and O–H groups in total. The van der Waals surface area contributed by atoms with Crippen molar-refractivity contribution in [3.63, 3.8) is 0 Å². The summed E-state index contributed by atoms with van der Waals surface area (Å²) in [6.45, 7) is 0.121. The molecule has 8 heteroatoms. The van der Waals surface area contributed by atoms with Crippen molar-refractivity contribution in [3.05, 3.63) is 59.7 Å². The molecule has 33 heavy (non-hydrogen) atoms. The van der Waals surface area contributed by atoms with Gasteiger partial charge in [-0.05, 0) is 60.7 Å². The number of hydrogen-bond donors (Lipinski definition) is 0. The molecule has 0 aliphatic carbocycles. The molecule has 0 unspecified atom stereocenters. The van der Waals surface area contributed by atoms with Crippen molar-refractivity contribution in [2.24, 2.45) is 0 Å². The smallest absolute Gasteiger partial charge is 0.188 e. The molecule has 0 fully saturated rings. The van der Waals surface area contributed by atoms with Crippen LogP contribution in [0.5, 0.6) is 23.0 Å². The first-order chi connectivity index (χ1) is 16.0. The number of carbonyl (C=O) groups excluding carboxylic acids is 2. The molecule has 2 rings (SSSR count). The van der Waals surface area contributed by atoms with Crippen molar-refractivity contribution in [2.75, 3.05) is 42.0 Å². The minimum atomic E-state index is -0.355. The molecule has 0 spiro atoms. The lowest BCUT2D eigenvalue weighted by Crippen LogP contribution is -2.03. The van der Waals surface area contributed by atoms with Crippen molar-refractivity contribution < 1.29 is 38.0 Å². The Morgan fingerprint density at radius 1 is 0.697 bits per heavy atom. The van der Waals surface area contributed by atoms with E-state index < -0.39 is 0 Å². The highest BCUT2D eigenvalue weighted by Gasteiger charge is 2.08. The lowest BCUT2D eigenvalue weighted by molar-refractivity contribution is -0.121. The molecule has 2 aromatic rings. The minimum absolute atomic E-state index is 0.0603. The fourth-order valence-electron chi connectivity index (χ4n) is 2.73. The van der Waals surface area contributed by atoms with Gasteiger partial charge in [-0.25, -0.2) is 0 Å². The molecule has 0 saturated carbocycles. The second kappa shape index (κ2) is 13.7. The average molecular weight is 456 g/mol. The Labute approximate surface area is 193 Å². The summed E-state index contributed by atoms with van der Waals surface area (Å²) < 4.78 is 31.3. The lowest BCUT2D eigenvalue weighted by Gasteiger charge is -2.10. The van der Waals surface area contributed by atoms with E-state index in [1.807, 2.05) is 0 Å². The number of carbonyl (C=O) groups is 2.